The molecule has 9 heteroatoms. The largest absolute Gasteiger partial charge is 0.491 e. The third-order valence-electron chi connectivity index (χ3n) is 4.47. The van der Waals surface area contributed by atoms with Gasteiger partial charge in [-0.3, -0.25) is 4.79 Å². The molecule has 1 atom stereocenters. The van der Waals surface area contributed by atoms with Crippen LogP contribution in [0.2, 0.25) is 5.02 Å². The molecule has 1 unspecified atom stereocenters. The second-order valence-electron chi connectivity index (χ2n) is 7.47. The molecule has 0 saturated heterocycles. The highest BCUT2D eigenvalue weighted by molar-refractivity contribution is 7.16. The van der Waals surface area contributed by atoms with Crippen LogP contribution in [0.1, 0.15) is 45.4 Å². The number of carbonyl (C=O) groups excluding carboxylic acids is 1. The lowest BCUT2D eigenvalue weighted by atomic mass is 10.2. The van der Waals surface area contributed by atoms with Crippen LogP contribution >= 0.6 is 22.9 Å². The summed E-state index contributed by atoms with van der Waals surface area (Å²) in [5.74, 6) is 1.98. The van der Waals surface area contributed by atoms with E-state index in [9.17, 15) is 4.79 Å². The summed E-state index contributed by atoms with van der Waals surface area (Å²) in [4.78, 5) is 17.0. The highest BCUT2D eigenvalue weighted by Gasteiger charge is 2.31. The predicted molar refractivity (Wildman–Crippen MR) is 114 cm³/mol. The Balaban J connectivity index is 1.42. The van der Waals surface area contributed by atoms with Crippen molar-refractivity contribution in [2.24, 2.45) is 5.92 Å². The third kappa shape index (κ3) is 4.94. The molecule has 2 heterocycles. The van der Waals surface area contributed by atoms with Crippen LogP contribution in [0.3, 0.4) is 0 Å². The van der Waals surface area contributed by atoms with Gasteiger partial charge in [0.1, 0.15) is 17.2 Å². The van der Waals surface area contributed by atoms with Crippen LogP contribution in [0.15, 0.2) is 35.0 Å². The van der Waals surface area contributed by atoms with Crippen LogP contribution in [0.25, 0.3) is 10.6 Å². The van der Waals surface area contributed by atoms with Gasteiger partial charge < -0.3 is 19.3 Å². The highest BCUT2D eigenvalue weighted by atomic mass is 35.5. The van der Waals surface area contributed by atoms with Crippen LogP contribution in [-0.2, 0) is 4.79 Å². The number of hydrogen-bond donors (Lipinski definition) is 1. The number of ether oxygens (including phenoxy) is 2. The third-order valence-corrected chi connectivity index (χ3v) is 5.66. The Bertz CT molecular complexity index is 1040. The monoisotopic (exact) mass is 447 g/mol. The maximum Gasteiger partial charge on any atom is 0.279 e. The molecule has 1 amide bonds. The van der Waals surface area contributed by atoms with Crippen molar-refractivity contribution in [1.82, 2.24) is 15.5 Å². The van der Waals surface area contributed by atoms with Crippen molar-refractivity contribution in [3.05, 3.63) is 41.2 Å². The van der Waals surface area contributed by atoms with E-state index in [4.69, 9.17) is 25.6 Å². The number of aromatic nitrogens is 2. The molecular formula is C21H22ClN3O4S. The predicted octanol–water partition coefficient (Wildman–Crippen LogP) is 5.62. The summed E-state index contributed by atoms with van der Waals surface area (Å²) in [7, 11) is 0. The Labute approximate surface area is 183 Å². The van der Waals surface area contributed by atoms with Crippen LogP contribution in [0, 0.1) is 5.92 Å². The van der Waals surface area contributed by atoms with E-state index in [-0.39, 0.29) is 24.0 Å². The van der Waals surface area contributed by atoms with Crippen molar-refractivity contribution < 1.29 is 18.8 Å². The smallest absolute Gasteiger partial charge is 0.279 e. The minimum absolute atomic E-state index is 0.0615. The number of thiazole rings is 1. The number of nitrogens with zero attached hydrogens (tertiary/aromatic N) is 2. The van der Waals surface area contributed by atoms with Gasteiger partial charge in [-0.25, -0.2) is 4.98 Å². The molecule has 7 nitrogen and oxygen atoms in total. The molecule has 1 aliphatic carbocycles. The van der Waals surface area contributed by atoms with Gasteiger partial charge in [0, 0.05) is 18.1 Å². The number of rotatable bonds is 8. The van der Waals surface area contributed by atoms with Crippen molar-refractivity contribution in [3.63, 3.8) is 0 Å². The summed E-state index contributed by atoms with van der Waals surface area (Å²) in [5, 5.41) is 7.92. The fourth-order valence-electron chi connectivity index (χ4n) is 2.78. The van der Waals surface area contributed by atoms with Gasteiger partial charge in [0.25, 0.3) is 5.19 Å². The van der Waals surface area contributed by atoms with E-state index < -0.39 is 0 Å². The van der Waals surface area contributed by atoms with Gasteiger partial charge in [-0.1, -0.05) is 28.1 Å². The van der Waals surface area contributed by atoms with Gasteiger partial charge in [-0.2, -0.15) is 0 Å². The summed E-state index contributed by atoms with van der Waals surface area (Å²) in [6, 6.07) is 6.83. The van der Waals surface area contributed by atoms with Crippen molar-refractivity contribution in [2.45, 2.75) is 45.8 Å². The standard InChI is InChI=1S/C21H22ClN3O4S/c1-11(2)27-14-6-7-17(15(22)8-14)28-21-23-10-19(30-21)16-9-18(29-25-16)12(3)24-20(26)13-4-5-13/h6-13H,4-5H2,1-3H3,(H,24,26). The summed E-state index contributed by atoms with van der Waals surface area (Å²) < 4.78 is 16.9. The number of hydrogen-bond acceptors (Lipinski definition) is 7. The Morgan fingerprint density at radius 3 is 2.80 bits per heavy atom. The van der Waals surface area contributed by atoms with E-state index in [1.54, 1.807) is 30.5 Å². The van der Waals surface area contributed by atoms with Gasteiger partial charge in [0.2, 0.25) is 5.91 Å². The molecule has 0 aliphatic heterocycles. The second kappa shape index (κ2) is 8.65. The van der Waals surface area contributed by atoms with E-state index in [1.807, 2.05) is 20.8 Å². The molecule has 0 bridgehead atoms. The lowest BCUT2D eigenvalue weighted by molar-refractivity contribution is -0.123. The molecule has 0 radical (unpaired) electrons. The zero-order valence-electron chi connectivity index (χ0n) is 16.8. The van der Waals surface area contributed by atoms with Gasteiger partial charge in [0.05, 0.1) is 28.2 Å². The Morgan fingerprint density at radius 1 is 1.30 bits per heavy atom. The lowest BCUT2D eigenvalue weighted by Crippen LogP contribution is -2.27. The molecule has 1 fully saturated rings. The molecule has 1 aromatic carbocycles. The number of nitrogens with one attached hydrogen (secondary N) is 1. The first-order valence-electron chi connectivity index (χ1n) is 9.76. The molecule has 158 valence electrons. The van der Waals surface area contributed by atoms with Crippen LogP contribution in [0.4, 0.5) is 0 Å². The highest BCUT2D eigenvalue weighted by Crippen LogP contribution is 2.37. The summed E-state index contributed by atoms with van der Waals surface area (Å²) >= 11 is 7.63. The van der Waals surface area contributed by atoms with Crippen molar-refractivity contribution in [3.8, 4) is 27.3 Å². The second-order valence-corrected chi connectivity index (χ2v) is 8.87. The first-order chi connectivity index (χ1) is 14.4. The van der Waals surface area contributed by atoms with Crippen molar-refractivity contribution in [1.29, 1.82) is 0 Å². The SMILES string of the molecule is CC(C)Oc1ccc(Oc2ncc(-c3cc(C(C)NC(=O)C4CC4)on3)s2)c(Cl)c1. The quantitative estimate of drug-likeness (QED) is 0.482. The van der Waals surface area contributed by atoms with E-state index in [2.05, 4.69) is 15.5 Å². The molecular weight excluding hydrogens is 426 g/mol. The number of halogens is 1. The summed E-state index contributed by atoms with van der Waals surface area (Å²) in [6.45, 7) is 5.78. The first kappa shape index (κ1) is 20.7. The molecule has 30 heavy (non-hydrogen) atoms. The fraction of sp³-hybridized carbons (Fsp3) is 0.381. The normalized spacial score (nSPS) is 14.6. The lowest BCUT2D eigenvalue weighted by Gasteiger charge is -2.11. The molecule has 4 rings (SSSR count). The minimum atomic E-state index is -0.242. The average molecular weight is 448 g/mol. The molecule has 2 aromatic heterocycles. The van der Waals surface area contributed by atoms with Crippen LogP contribution in [-0.4, -0.2) is 22.2 Å². The first-order valence-corrected chi connectivity index (χ1v) is 11.0. The van der Waals surface area contributed by atoms with E-state index in [1.165, 1.54) is 11.3 Å². The van der Waals surface area contributed by atoms with Crippen molar-refractivity contribution >= 4 is 28.8 Å². The molecule has 1 aliphatic rings. The topological polar surface area (TPSA) is 86.5 Å². The number of carbonyl (C=O) groups is 1. The van der Waals surface area contributed by atoms with E-state index in [0.717, 1.165) is 17.7 Å². The maximum atomic E-state index is 11.9. The molecule has 3 aromatic rings. The Hall–Kier alpha value is -2.58. The zero-order valence-corrected chi connectivity index (χ0v) is 18.4. The number of amides is 1. The summed E-state index contributed by atoms with van der Waals surface area (Å²) in [5.41, 5.74) is 0.636. The van der Waals surface area contributed by atoms with Gasteiger partial charge in [0.15, 0.2) is 5.76 Å². The molecule has 1 N–H and O–H groups in total. The minimum Gasteiger partial charge on any atom is -0.491 e. The average Bonchev–Trinajstić information content (AvgIpc) is 3.24. The maximum absolute atomic E-state index is 11.9. The Kier molecular flexibility index (Phi) is 5.97. The fourth-order valence-corrected chi connectivity index (χ4v) is 3.73. The van der Waals surface area contributed by atoms with Crippen molar-refractivity contribution in [2.75, 3.05) is 0 Å². The van der Waals surface area contributed by atoms with E-state index in [0.29, 0.717) is 33.2 Å². The number of benzene rings is 1. The van der Waals surface area contributed by atoms with Crippen LogP contribution in [0.5, 0.6) is 16.7 Å². The summed E-state index contributed by atoms with van der Waals surface area (Å²) in [6.07, 6.45) is 3.65. The van der Waals surface area contributed by atoms with Gasteiger partial charge in [-0.15, -0.1) is 0 Å². The van der Waals surface area contributed by atoms with Gasteiger partial charge in [-0.05, 0) is 45.7 Å². The van der Waals surface area contributed by atoms with Crippen LogP contribution < -0.4 is 14.8 Å². The van der Waals surface area contributed by atoms with E-state index >= 15 is 0 Å². The van der Waals surface area contributed by atoms with Gasteiger partial charge >= 0.3 is 0 Å². The zero-order chi connectivity index (χ0) is 21.3. The molecule has 0 spiro atoms. The molecule has 1 saturated carbocycles. The Morgan fingerprint density at radius 2 is 2.10 bits per heavy atom.